The lowest BCUT2D eigenvalue weighted by Gasteiger charge is -2.29. The van der Waals surface area contributed by atoms with Gasteiger partial charge in [0.05, 0.1) is 25.9 Å². The highest BCUT2D eigenvalue weighted by Crippen LogP contribution is 2.26. The summed E-state index contributed by atoms with van der Waals surface area (Å²) < 4.78 is 5.42. The molecule has 1 aromatic heterocycles. The van der Waals surface area contributed by atoms with E-state index < -0.39 is 0 Å². The topological polar surface area (TPSA) is 73.8 Å². The Morgan fingerprint density at radius 2 is 1.96 bits per heavy atom. The van der Waals surface area contributed by atoms with Crippen LogP contribution < -0.4 is 15.1 Å². The Morgan fingerprint density at radius 1 is 1.19 bits per heavy atom. The first kappa shape index (κ1) is 18.0. The maximum absolute atomic E-state index is 9.57. The van der Waals surface area contributed by atoms with Crippen LogP contribution in [0.25, 0.3) is 0 Å². The van der Waals surface area contributed by atoms with Crippen LogP contribution in [0.1, 0.15) is 18.4 Å². The molecule has 3 heterocycles. The number of anilines is 4. The summed E-state index contributed by atoms with van der Waals surface area (Å²) in [6.07, 6.45) is 3.90. The van der Waals surface area contributed by atoms with E-state index in [-0.39, 0.29) is 12.6 Å². The Kier molecular flexibility index (Phi) is 5.40. The molecular formula is C20H27N5O2. The summed E-state index contributed by atoms with van der Waals surface area (Å²) in [5.74, 6) is 1.49. The van der Waals surface area contributed by atoms with E-state index in [2.05, 4.69) is 44.4 Å². The van der Waals surface area contributed by atoms with Crippen LogP contribution in [-0.4, -0.2) is 60.6 Å². The largest absolute Gasteiger partial charge is 0.394 e. The van der Waals surface area contributed by atoms with Crippen LogP contribution in [0.4, 0.5) is 23.1 Å². The molecule has 0 saturated carbocycles. The van der Waals surface area contributed by atoms with Crippen molar-refractivity contribution in [1.29, 1.82) is 0 Å². The molecule has 0 aliphatic carbocycles. The second-order valence-electron chi connectivity index (χ2n) is 7.14. The van der Waals surface area contributed by atoms with Gasteiger partial charge in [-0.25, -0.2) is 4.98 Å². The number of rotatable bonds is 5. The molecule has 1 unspecified atom stereocenters. The standard InChI is InChI=1S/C20H27N5O2/c1-15-13-21-20(25-8-2-3-18(25)14-26)23-19(15)22-16-4-6-17(7-5-16)24-9-11-27-12-10-24/h4-7,13,18,26H,2-3,8-12,14H2,1H3,(H,21,22,23). The molecule has 4 rings (SSSR count). The van der Waals surface area contributed by atoms with E-state index in [0.717, 1.165) is 62.8 Å². The number of morpholine rings is 1. The molecule has 7 nitrogen and oxygen atoms in total. The summed E-state index contributed by atoms with van der Waals surface area (Å²) in [6.45, 7) is 6.47. The fourth-order valence-corrected chi connectivity index (χ4v) is 3.70. The van der Waals surface area contributed by atoms with Gasteiger partial charge in [-0.3, -0.25) is 0 Å². The Bertz CT molecular complexity index is 761. The van der Waals surface area contributed by atoms with Crippen LogP contribution in [0.15, 0.2) is 30.5 Å². The number of aromatic nitrogens is 2. The molecule has 27 heavy (non-hydrogen) atoms. The van der Waals surface area contributed by atoms with Crippen molar-refractivity contribution in [1.82, 2.24) is 9.97 Å². The van der Waals surface area contributed by atoms with Gasteiger partial charge >= 0.3 is 0 Å². The number of nitrogens with zero attached hydrogens (tertiary/aromatic N) is 4. The second-order valence-corrected chi connectivity index (χ2v) is 7.14. The number of benzene rings is 1. The summed E-state index contributed by atoms with van der Waals surface area (Å²) in [7, 11) is 0. The number of hydrogen-bond acceptors (Lipinski definition) is 7. The predicted molar refractivity (Wildman–Crippen MR) is 107 cm³/mol. The minimum absolute atomic E-state index is 0.119. The first-order valence-corrected chi connectivity index (χ1v) is 9.65. The summed E-state index contributed by atoms with van der Waals surface area (Å²) in [4.78, 5) is 13.6. The van der Waals surface area contributed by atoms with Gasteiger partial charge in [0.25, 0.3) is 0 Å². The smallest absolute Gasteiger partial charge is 0.227 e. The monoisotopic (exact) mass is 369 g/mol. The molecule has 144 valence electrons. The molecule has 2 aliphatic rings. The minimum atomic E-state index is 0.119. The van der Waals surface area contributed by atoms with E-state index in [9.17, 15) is 5.11 Å². The zero-order chi connectivity index (χ0) is 18.6. The average Bonchev–Trinajstić information content (AvgIpc) is 3.20. The van der Waals surface area contributed by atoms with Crippen LogP contribution in [0.3, 0.4) is 0 Å². The van der Waals surface area contributed by atoms with E-state index in [1.54, 1.807) is 0 Å². The van der Waals surface area contributed by atoms with Gasteiger partial charge in [0.15, 0.2) is 0 Å². The average molecular weight is 369 g/mol. The number of aliphatic hydroxyl groups excluding tert-OH is 1. The number of aliphatic hydroxyl groups is 1. The SMILES string of the molecule is Cc1cnc(N2CCCC2CO)nc1Nc1ccc(N2CCOCC2)cc1. The Balaban J connectivity index is 1.49. The van der Waals surface area contributed by atoms with Crippen molar-refractivity contribution in [3.05, 3.63) is 36.0 Å². The van der Waals surface area contributed by atoms with Crippen LogP contribution in [-0.2, 0) is 4.74 Å². The lowest BCUT2D eigenvalue weighted by Crippen LogP contribution is -2.36. The van der Waals surface area contributed by atoms with Crippen LogP contribution in [0, 0.1) is 6.92 Å². The molecule has 0 spiro atoms. The van der Waals surface area contributed by atoms with Crippen LogP contribution in [0.2, 0.25) is 0 Å². The van der Waals surface area contributed by atoms with Gasteiger partial charge in [0.2, 0.25) is 5.95 Å². The van der Waals surface area contributed by atoms with E-state index in [1.165, 1.54) is 5.69 Å². The highest BCUT2D eigenvalue weighted by atomic mass is 16.5. The fraction of sp³-hybridized carbons (Fsp3) is 0.500. The zero-order valence-electron chi connectivity index (χ0n) is 15.8. The molecule has 2 fully saturated rings. The van der Waals surface area contributed by atoms with Gasteiger partial charge in [-0.15, -0.1) is 0 Å². The van der Waals surface area contributed by atoms with Crippen molar-refractivity contribution in [3.8, 4) is 0 Å². The van der Waals surface area contributed by atoms with Gasteiger partial charge in [0, 0.05) is 42.8 Å². The van der Waals surface area contributed by atoms with Gasteiger partial charge < -0.3 is 25.0 Å². The van der Waals surface area contributed by atoms with E-state index in [1.807, 2.05) is 13.1 Å². The van der Waals surface area contributed by atoms with Gasteiger partial charge in [0.1, 0.15) is 5.82 Å². The summed E-state index contributed by atoms with van der Waals surface area (Å²) in [5, 5.41) is 13.0. The lowest BCUT2D eigenvalue weighted by atomic mass is 10.2. The molecule has 2 aliphatic heterocycles. The van der Waals surface area contributed by atoms with E-state index >= 15 is 0 Å². The van der Waals surface area contributed by atoms with Crippen molar-refractivity contribution in [2.75, 3.05) is 54.6 Å². The van der Waals surface area contributed by atoms with Gasteiger partial charge in [-0.2, -0.15) is 4.98 Å². The molecule has 1 atom stereocenters. The van der Waals surface area contributed by atoms with Crippen molar-refractivity contribution in [2.45, 2.75) is 25.8 Å². The quantitative estimate of drug-likeness (QED) is 0.838. The molecule has 2 saturated heterocycles. The molecule has 1 aromatic carbocycles. The third-order valence-corrected chi connectivity index (χ3v) is 5.31. The first-order valence-electron chi connectivity index (χ1n) is 9.65. The third kappa shape index (κ3) is 3.99. The predicted octanol–water partition coefficient (Wildman–Crippen LogP) is 2.33. The number of ether oxygens (including phenoxy) is 1. The normalized spacial score (nSPS) is 20.1. The summed E-state index contributed by atoms with van der Waals surface area (Å²) >= 11 is 0. The van der Waals surface area contributed by atoms with Crippen molar-refractivity contribution in [3.63, 3.8) is 0 Å². The van der Waals surface area contributed by atoms with Crippen molar-refractivity contribution in [2.24, 2.45) is 0 Å². The van der Waals surface area contributed by atoms with Crippen molar-refractivity contribution < 1.29 is 9.84 Å². The highest BCUT2D eigenvalue weighted by molar-refractivity contribution is 5.63. The Hall–Kier alpha value is -2.38. The van der Waals surface area contributed by atoms with Crippen LogP contribution in [0.5, 0.6) is 0 Å². The molecule has 0 radical (unpaired) electrons. The molecule has 0 amide bonds. The first-order chi connectivity index (χ1) is 13.2. The zero-order valence-corrected chi connectivity index (χ0v) is 15.8. The molecule has 0 bridgehead atoms. The molecular weight excluding hydrogens is 342 g/mol. The molecule has 2 aromatic rings. The molecule has 2 N–H and O–H groups in total. The van der Waals surface area contributed by atoms with Crippen molar-refractivity contribution >= 4 is 23.1 Å². The Labute approximate surface area is 160 Å². The molecule has 7 heteroatoms. The third-order valence-electron chi connectivity index (χ3n) is 5.31. The lowest BCUT2D eigenvalue weighted by molar-refractivity contribution is 0.122. The van der Waals surface area contributed by atoms with Crippen LogP contribution >= 0.6 is 0 Å². The second kappa shape index (κ2) is 8.10. The Morgan fingerprint density at radius 3 is 2.70 bits per heavy atom. The van der Waals surface area contributed by atoms with Gasteiger partial charge in [-0.05, 0) is 44.0 Å². The number of hydrogen-bond donors (Lipinski definition) is 2. The van der Waals surface area contributed by atoms with Gasteiger partial charge in [-0.1, -0.05) is 0 Å². The minimum Gasteiger partial charge on any atom is -0.394 e. The number of nitrogens with one attached hydrogen (secondary N) is 1. The maximum Gasteiger partial charge on any atom is 0.227 e. The van der Waals surface area contributed by atoms with E-state index in [4.69, 9.17) is 9.72 Å². The maximum atomic E-state index is 9.57. The summed E-state index contributed by atoms with van der Waals surface area (Å²) in [6, 6.07) is 8.55. The fourth-order valence-electron chi connectivity index (χ4n) is 3.70. The number of aryl methyl sites for hydroxylation is 1. The summed E-state index contributed by atoms with van der Waals surface area (Å²) in [5.41, 5.74) is 3.21. The van der Waals surface area contributed by atoms with E-state index in [0.29, 0.717) is 5.95 Å². The highest BCUT2D eigenvalue weighted by Gasteiger charge is 2.26.